The van der Waals surface area contributed by atoms with Crippen LogP contribution in [-0.4, -0.2) is 20.4 Å². The Bertz CT molecular complexity index is 1070. The molecule has 1 atom stereocenters. The van der Waals surface area contributed by atoms with Crippen molar-refractivity contribution in [2.24, 2.45) is 5.92 Å². The van der Waals surface area contributed by atoms with E-state index in [4.69, 9.17) is 21.0 Å². The lowest BCUT2D eigenvalue weighted by atomic mass is 10.1. The summed E-state index contributed by atoms with van der Waals surface area (Å²) in [6.45, 7) is 4.62. The van der Waals surface area contributed by atoms with Crippen LogP contribution in [0, 0.1) is 5.92 Å². The first-order valence-corrected chi connectivity index (χ1v) is 9.90. The van der Waals surface area contributed by atoms with Gasteiger partial charge in [-0.25, -0.2) is 4.98 Å². The zero-order valence-electron chi connectivity index (χ0n) is 15.9. The van der Waals surface area contributed by atoms with Crippen LogP contribution >= 0.6 is 11.6 Å². The van der Waals surface area contributed by atoms with E-state index in [1.54, 1.807) is 40.0 Å². The Morgan fingerprint density at radius 3 is 2.82 bits per heavy atom. The number of amides is 1. The van der Waals surface area contributed by atoms with E-state index in [0.29, 0.717) is 40.6 Å². The van der Waals surface area contributed by atoms with Gasteiger partial charge >= 0.3 is 0 Å². The molecule has 28 heavy (non-hydrogen) atoms. The van der Waals surface area contributed by atoms with Gasteiger partial charge in [-0.2, -0.15) is 0 Å². The van der Waals surface area contributed by atoms with Crippen molar-refractivity contribution >= 4 is 28.4 Å². The van der Waals surface area contributed by atoms with Crippen molar-refractivity contribution in [2.45, 2.75) is 45.8 Å². The van der Waals surface area contributed by atoms with Gasteiger partial charge in [-0.3, -0.25) is 14.2 Å². The van der Waals surface area contributed by atoms with Crippen LogP contribution in [0.4, 0.5) is 0 Å². The molecule has 1 fully saturated rings. The lowest BCUT2D eigenvalue weighted by Crippen LogP contribution is -2.38. The van der Waals surface area contributed by atoms with Crippen molar-refractivity contribution in [3.8, 4) is 0 Å². The zero-order chi connectivity index (χ0) is 19.8. The van der Waals surface area contributed by atoms with E-state index in [0.717, 1.165) is 12.8 Å². The monoisotopic (exact) mass is 399 g/mol. The average molecular weight is 400 g/mol. The van der Waals surface area contributed by atoms with E-state index < -0.39 is 0 Å². The molecule has 2 heterocycles. The zero-order valence-corrected chi connectivity index (χ0v) is 16.6. The largest absolute Gasteiger partial charge is 0.467 e. The molecule has 1 aromatic carbocycles. The molecule has 0 bridgehead atoms. The average Bonchev–Trinajstić information content (AvgIpc) is 3.42. The van der Waals surface area contributed by atoms with Gasteiger partial charge in [-0.15, -0.1) is 0 Å². The minimum Gasteiger partial charge on any atom is -0.467 e. The maximum absolute atomic E-state index is 13.0. The molecule has 0 radical (unpaired) electrons. The summed E-state index contributed by atoms with van der Waals surface area (Å²) in [7, 11) is 0. The summed E-state index contributed by atoms with van der Waals surface area (Å²) in [6.07, 6.45) is 3.41. The third kappa shape index (κ3) is 3.44. The molecule has 4 rings (SSSR count). The van der Waals surface area contributed by atoms with Crippen LogP contribution in [0.15, 0.2) is 45.8 Å². The van der Waals surface area contributed by atoms with Crippen LogP contribution in [0.2, 0.25) is 5.02 Å². The number of carbonyl (C=O) groups is 1. The molecule has 0 aliphatic heterocycles. The number of benzene rings is 1. The highest BCUT2D eigenvalue weighted by molar-refractivity contribution is 6.31. The molecule has 0 saturated heterocycles. The molecule has 2 aromatic heterocycles. The fourth-order valence-corrected chi connectivity index (χ4v) is 3.69. The number of furan rings is 1. The first-order valence-electron chi connectivity index (χ1n) is 9.52. The van der Waals surface area contributed by atoms with Crippen LogP contribution in [0.1, 0.15) is 44.3 Å². The Labute approximate surface area is 167 Å². The third-order valence-corrected chi connectivity index (χ3v) is 5.45. The van der Waals surface area contributed by atoms with E-state index in [1.807, 2.05) is 19.9 Å². The normalized spacial score (nSPS) is 15.0. The van der Waals surface area contributed by atoms with Crippen LogP contribution in [0.5, 0.6) is 0 Å². The quantitative estimate of drug-likeness (QED) is 0.624. The summed E-state index contributed by atoms with van der Waals surface area (Å²) >= 11 is 6.06. The molecule has 7 heteroatoms. The lowest BCUT2D eigenvalue weighted by molar-refractivity contribution is -0.136. The maximum Gasteiger partial charge on any atom is 0.261 e. The minimum atomic E-state index is -0.370. The Morgan fingerprint density at radius 1 is 1.39 bits per heavy atom. The van der Waals surface area contributed by atoms with Crippen molar-refractivity contribution in [3.05, 3.63) is 63.6 Å². The van der Waals surface area contributed by atoms with Gasteiger partial charge in [0.1, 0.15) is 11.6 Å². The third-order valence-electron chi connectivity index (χ3n) is 5.22. The van der Waals surface area contributed by atoms with E-state index in [2.05, 4.69) is 0 Å². The smallest absolute Gasteiger partial charge is 0.261 e. The molecule has 0 spiro atoms. The van der Waals surface area contributed by atoms with Gasteiger partial charge in [0.05, 0.1) is 29.8 Å². The minimum absolute atomic E-state index is 0.0541. The molecule has 1 saturated carbocycles. The molecule has 1 aliphatic carbocycles. The summed E-state index contributed by atoms with van der Waals surface area (Å²) in [6, 6.07) is 8.39. The number of hydrogen-bond acceptors (Lipinski definition) is 4. The number of aromatic nitrogens is 2. The molecule has 1 amide bonds. The Balaban J connectivity index is 1.80. The van der Waals surface area contributed by atoms with Gasteiger partial charge in [-0.1, -0.05) is 11.6 Å². The topological polar surface area (TPSA) is 68.3 Å². The van der Waals surface area contributed by atoms with Crippen LogP contribution < -0.4 is 5.56 Å². The molecular weight excluding hydrogens is 378 g/mol. The summed E-state index contributed by atoms with van der Waals surface area (Å²) in [5.74, 6) is 1.41. The summed E-state index contributed by atoms with van der Waals surface area (Å²) in [4.78, 5) is 32.5. The second-order valence-electron chi connectivity index (χ2n) is 7.18. The van der Waals surface area contributed by atoms with Gasteiger partial charge in [-0.05, 0) is 57.0 Å². The molecule has 0 N–H and O–H groups in total. The maximum atomic E-state index is 13.0. The fraction of sp³-hybridized carbons (Fsp3) is 0.381. The fourth-order valence-electron chi connectivity index (χ4n) is 3.52. The van der Waals surface area contributed by atoms with Crippen LogP contribution in [-0.2, 0) is 17.9 Å². The first kappa shape index (κ1) is 18.7. The number of carbonyl (C=O) groups excluding carboxylic acids is 1. The van der Waals surface area contributed by atoms with E-state index in [1.165, 1.54) is 0 Å². The highest BCUT2D eigenvalue weighted by Crippen LogP contribution is 2.35. The van der Waals surface area contributed by atoms with Crippen molar-refractivity contribution in [1.82, 2.24) is 14.5 Å². The van der Waals surface area contributed by atoms with Crippen molar-refractivity contribution in [2.75, 3.05) is 0 Å². The molecular formula is C21H22ClN3O3. The van der Waals surface area contributed by atoms with Gasteiger partial charge < -0.3 is 9.32 Å². The van der Waals surface area contributed by atoms with Gasteiger partial charge in [0.2, 0.25) is 5.91 Å². The number of halogens is 1. The standard InChI is InChI=1S/C21H22ClN3O3/c1-3-24-19(23-18-9-8-15(22)11-17(18)21(24)27)13(2)25(20(26)14-6-7-14)12-16-5-4-10-28-16/h4-5,8-11,13-14H,3,6-7,12H2,1-2H3. The Morgan fingerprint density at radius 2 is 2.18 bits per heavy atom. The predicted molar refractivity (Wildman–Crippen MR) is 107 cm³/mol. The number of hydrogen-bond donors (Lipinski definition) is 0. The predicted octanol–water partition coefficient (Wildman–Crippen LogP) is 4.16. The van der Waals surface area contributed by atoms with Gasteiger partial charge in [0.25, 0.3) is 5.56 Å². The van der Waals surface area contributed by atoms with Crippen LogP contribution in [0.3, 0.4) is 0 Å². The summed E-state index contributed by atoms with van der Waals surface area (Å²) < 4.78 is 7.09. The molecule has 6 nitrogen and oxygen atoms in total. The van der Waals surface area contributed by atoms with Crippen LogP contribution in [0.25, 0.3) is 10.9 Å². The number of rotatable bonds is 6. The van der Waals surface area contributed by atoms with Gasteiger partial charge in [0.15, 0.2) is 0 Å². The molecule has 1 aliphatic rings. The Kier molecular flexibility index (Phi) is 4.98. The van der Waals surface area contributed by atoms with Crippen molar-refractivity contribution in [1.29, 1.82) is 0 Å². The lowest BCUT2D eigenvalue weighted by Gasteiger charge is -2.30. The molecule has 1 unspecified atom stereocenters. The Hall–Kier alpha value is -2.60. The number of nitrogens with zero attached hydrogens (tertiary/aromatic N) is 3. The van der Waals surface area contributed by atoms with Crippen molar-refractivity contribution < 1.29 is 9.21 Å². The van der Waals surface area contributed by atoms with Gasteiger partial charge in [0, 0.05) is 17.5 Å². The summed E-state index contributed by atoms with van der Waals surface area (Å²) in [5.41, 5.74) is 0.437. The molecule has 3 aromatic rings. The SMILES string of the molecule is CCn1c(C(C)N(Cc2ccco2)C(=O)C2CC2)nc2ccc(Cl)cc2c1=O. The highest BCUT2D eigenvalue weighted by Gasteiger charge is 2.37. The van der Waals surface area contributed by atoms with E-state index in [9.17, 15) is 9.59 Å². The highest BCUT2D eigenvalue weighted by atomic mass is 35.5. The van der Waals surface area contributed by atoms with E-state index in [-0.39, 0.29) is 23.4 Å². The second kappa shape index (κ2) is 7.43. The van der Waals surface area contributed by atoms with E-state index >= 15 is 0 Å². The summed E-state index contributed by atoms with van der Waals surface area (Å²) in [5, 5.41) is 0.981. The second-order valence-corrected chi connectivity index (χ2v) is 7.61. The molecule has 146 valence electrons. The number of fused-ring (bicyclic) bond motifs is 1. The first-order chi connectivity index (χ1) is 13.5. The van der Waals surface area contributed by atoms with Crippen molar-refractivity contribution in [3.63, 3.8) is 0 Å².